The summed E-state index contributed by atoms with van der Waals surface area (Å²) in [6.45, 7) is 4.30. The van der Waals surface area contributed by atoms with Crippen LogP contribution in [0, 0.1) is 12.8 Å². The Labute approximate surface area is 130 Å². The molecule has 1 aliphatic rings. The van der Waals surface area contributed by atoms with E-state index in [-0.39, 0.29) is 17.7 Å². The molecule has 1 fully saturated rings. The summed E-state index contributed by atoms with van der Waals surface area (Å²) >= 11 is 0. The first-order chi connectivity index (χ1) is 10.6. The van der Waals surface area contributed by atoms with Crippen LogP contribution in [0.5, 0.6) is 0 Å². The summed E-state index contributed by atoms with van der Waals surface area (Å²) in [5, 5.41) is 7.06. The molecule has 2 aromatic rings. The van der Waals surface area contributed by atoms with E-state index in [1.165, 1.54) is 18.4 Å². The van der Waals surface area contributed by atoms with E-state index in [1.807, 2.05) is 31.2 Å². The smallest absolute Gasteiger partial charge is 0.290 e. The summed E-state index contributed by atoms with van der Waals surface area (Å²) < 4.78 is 5.21. The Kier molecular flexibility index (Phi) is 4.27. The van der Waals surface area contributed by atoms with E-state index in [1.54, 1.807) is 6.07 Å². The molecule has 0 saturated heterocycles. The maximum Gasteiger partial charge on any atom is 0.290 e. The number of aryl methyl sites for hydroxylation is 1. The van der Waals surface area contributed by atoms with E-state index in [2.05, 4.69) is 17.4 Å². The standard InChI is InChI=1S/C18H22N2O2/c1-12-3-7-14(8-4-12)16-11-17(22-20-16)18(21)19-15-9-5-13(2)6-10-15/h3-4,7-8,11,13,15H,5-6,9-10H2,1-2H3,(H,19,21). The second-order valence-corrected chi connectivity index (χ2v) is 6.37. The van der Waals surface area contributed by atoms with Gasteiger partial charge in [0.1, 0.15) is 5.69 Å². The number of benzene rings is 1. The first kappa shape index (κ1) is 14.8. The molecule has 3 rings (SSSR count). The van der Waals surface area contributed by atoms with Crippen LogP contribution >= 0.6 is 0 Å². The van der Waals surface area contributed by atoms with Crippen LogP contribution in [0.2, 0.25) is 0 Å². The SMILES string of the molecule is Cc1ccc(-c2cc(C(=O)NC3CCC(C)CC3)on2)cc1. The highest BCUT2D eigenvalue weighted by molar-refractivity contribution is 5.92. The fourth-order valence-corrected chi connectivity index (χ4v) is 2.90. The maximum absolute atomic E-state index is 12.2. The molecule has 1 aromatic heterocycles. The van der Waals surface area contributed by atoms with Crippen LogP contribution in [0.15, 0.2) is 34.9 Å². The van der Waals surface area contributed by atoms with Crippen LogP contribution in [0.4, 0.5) is 0 Å². The third kappa shape index (κ3) is 3.38. The zero-order valence-corrected chi connectivity index (χ0v) is 13.1. The van der Waals surface area contributed by atoms with Gasteiger partial charge in [-0.25, -0.2) is 0 Å². The molecule has 4 heteroatoms. The second-order valence-electron chi connectivity index (χ2n) is 6.37. The summed E-state index contributed by atoms with van der Waals surface area (Å²) in [6.07, 6.45) is 4.45. The van der Waals surface area contributed by atoms with Gasteiger partial charge in [0, 0.05) is 17.7 Å². The Morgan fingerprint density at radius 3 is 2.55 bits per heavy atom. The van der Waals surface area contributed by atoms with Gasteiger partial charge in [-0.1, -0.05) is 41.9 Å². The third-order valence-electron chi connectivity index (χ3n) is 4.43. The van der Waals surface area contributed by atoms with E-state index in [0.29, 0.717) is 5.69 Å². The maximum atomic E-state index is 12.2. The Balaban J connectivity index is 1.65. The van der Waals surface area contributed by atoms with Crippen molar-refractivity contribution in [1.82, 2.24) is 10.5 Å². The molecule has 1 N–H and O–H groups in total. The van der Waals surface area contributed by atoms with Crippen LogP contribution in [0.1, 0.15) is 48.7 Å². The van der Waals surface area contributed by atoms with E-state index in [4.69, 9.17) is 4.52 Å². The molecule has 116 valence electrons. The summed E-state index contributed by atoms with van der Waals surface area (Å²) in [5.74, 6) is 0.895. The van der Waals surface area contributed by atoms with Gasteiger partial charge in [-0.05, 0) is 38.5 Å². The number of nitrogens with one attached hydrogen (secondary N) is 1. The molecule has 1 aliphatic carbocycles. The molecule has 22 heavy (non-hydrogen) atoms. The normalized spacial score (nSPS) is 21.5. The van der Waals surface area contributed by atoms with Crippen LogP contribution in [-0.4, -0.2) is 17.1 Å². The number of aromatic nitrogens is 1. The largest absolute Gasteiger partial charge is 0.350 e. The Morgan fingerprint density at radius 1 is 1.18 bits per heavy atom. The van der Waals surface area contributed by atoms with Gasteiger partial charge in [0.2, 0.25) is 5.76 Å². The van der Waals surface area contributed by atoms with Crippen molar-refractivity contribution in [2.24, 2.45) is 5.92 Å². The zero-order chi connectivity index (χ0) is 15.5. The molecule has 1 saturated carbocycles. The highest BCUT2D eigenvalue weighted by Gasteiger charge is 2.22. The molecule has 0 radical (unpaired) electrons. The lowest BCUT2D eigenvalue weighted by Gasteiger charge is -2.26. The number of nitrogens with zero attached hydrogens (tertiary/aromatic N) is 1. The fraction of sp³-hybridized carbons (Fsp3) is 0.444. The predicted octanol–water partition coefficient (Wildman–Crippen LogP) is 3.96. The van der Waals surface area contributed by atoms with Gasteiger partial charge in [0.05, 0.1) is 0 Å². The van der Waals surface area contributed by atoms with Crippen LogP contribution in [-0.2, 0) is 0 Å². The van der Waals surface area contributed by atoms with Gasteiger partial charge in [-0.15, -0.1) is 0 Å². The van der Waals surface area contributed by atoms with Crippen molar-refractivity contribution in [3.63, 3.8) is 0 Å². The minimum Gasteiger partial charge on any atom is -0.350 e. The van der Waals surface area contributed by atoms with Gasteiger partial charge in [0.25, 0.3) is 5.91 Å². The molecule has 1 amide bonds. The number of rotatable bonds is 3. The lowest BCUT2D eigenvalue weighted by Crippen LogP contribution is -2.37. The van der Waals surface area contributed by atoms with Gasteiger partial charge in [0.15, 0.2) is 0 Å². The first-order valence-electron chi connectivity index (χ1n) is 7.96. The average molecular weight is 298 g/mol. The number of amides is 1. The zero-order valence-electron chi connectivity index (χ0n) is 13.1. The topological polar surface area (TPSA) is 55.1 Å². The molecular formula is C18H22N2O2. The highest BCUT2D eigenvalue weighted by Crippen LogP contribution is 2.24. The molecule has 0 unspecified atom stereocenters. The van der Waals surface area contributed by atoms with Crippen LogP contribution < -0.4 is 5.32 Å². The minimum atomic E-state index is -0.162. The van der Waals surface area contributed by atoms with Crippen LogP contribution in [0.25, 0.3) is 11.3 Å². The van der Waals surface area contributed by atoms with Crippen molar-refractivity contribution in [3.8, 4) is 11.3 Å². The molecule has 1 aromatic carbocycles. The lowest BCUT2D eigenvalue weighted by atomic mass is 9.87. The van der Waals surface area contributed by atoms with Crippen molar-refractivity contribution in [1.29, 1.82) is 0 Å². The third-order valence-corrected chi connectivity index (χ3v) is 4.43. The molecule has 0 aliphatic heterocycles. The molecule has 0 spiro atoms. The van der Waals surface area contributed by atoms with Gasteiger partial charge < -0.3 is 9.84 Å². The van der Waals surface area contributed by atoms with Crippen molar-refractivity contribution in [2.75, 3.05) is 0 Å². The molecule has 4 nitrogen and oxygen atoms in total. The monoisotopic (exact) mass is 298 g/mol. The van der Waals surface area contributed by atoms with Crippen molar-refractivity contribution in [3.05, 3.63) is 41.7 Å². The quantitative estimate of drug-likeness (QED) is 0.933. The Hall–Kier alpha value is -2.10. The summed E-state index contributed by atoms with van der Waals surface area (Å²) in [4.78, 5) is 12.2. The van der Waals surface area contributed by atoms with Crippen molar-refractivity contribution >= 4 is 5.91 Å². The fourth-order valence-electron chi connectivity index (χ4n) is 2.90. The predicted molar refractivity (Wildman–Crippen MR) is 85.6 cm³/mol. The van der Waals surface area contributed by atoms with E-state index < -0.39 is 0 Å². The van der Waals surface area contributed by atoms with Gasteiger partial charge >= 0.3 is 0 Å². The van der Waals surface area contributed by atoms with Gasteiger partial charge in [-0.2, -0.15) is 0 Å². The molecular weight excluding hydrogens is 276 g/mol. The molecule has 0 bridgehead atoms. The van der Waals surface area contributed by atoms with Crippen molar-refractivity contribution in [2.45, 2.75) is 45.6 Å². The number of hydrogen-bond donors (Lipinski definition) is 1. The average Bonchev–Trinajstić information content (AvgIpc) is 3.00. The van der Waals surface area contributed by atoms with Gasteiger partial charge in [-0.3, -0.25) is 4.79 Å². The Morgan fingerprint density at radius 2 is 1.86 bits per heavy atom. The minimum absolute atomic E-state index is 0.162. The summed E-state index contributed by atoms with van der Waals surface area (Å²) in [6, 6.07) is 9.98. The van der Waals surface area contributed by atoms with E-state index in [9.17, 15) is 4.79 Å². The first-order valence-corrected chi connectivity index (χ1v) is 7.96. The number of hydrogen-bond acceptors (Lipinski definition) is 3. The molecule has 0 atom stereocenters. The van der Waals surface area contributed by atoms with Crippen molar-refractivity contribution < 1.29 is 9.32 Å². The van der Waals surface area contributed by atoms with Crippen LogP contribution in [0.3, 0.4) is 0 Å². The lowest BCUT2D eigenvalue weighted by molar-refractivity contribution is 0.0885. The Bertz CT molecular complexity index is 637. The number of carbonyl (C=O) groups is 1. The highest BCUT2D eigenvalue weighted by atomic mass is 16.5. The number of carbonyl (C=O) groups excluding carboxylic acids is 1. The second kappa shape index (κ2) is 6.34. The van der Waals surface area contributed by atoms with E-state index >= 15 is 0 Å². The van der Waals surface area contributed by atoms with E-state index in [0.717, 1.165) is 24.3 Å². The summed E-state index contributed by atoms with van der Waals surface area (Å²) in [7, 11) is 0. The molecule has 1 heterocycles. The summed E-state index contributed by atoms with van der Waals surface area (Å²) in [5.41, 5.74) is 2.85.